The van der Waals surface area contributed by atoms with Crippen molar-refractivity contribution in [2.75, 3.05) is 7.11 Å². The Morgan fingerprint density at radius 2 is 2.25 bits per heavy atom. The van der Waals surface area contributed by atoms with Crippen LogP contribution in [0.2, 0.25) is 5.02 Å². The van der Waals surface area contributed by atoms with E-state index in [4.69, 9.17) is 16.3 Å². The molecule has 0 unspecified atom stereocenters. The van der Waals surface area contributed by atoms with Crippen molar-refractivity contribution in [2.24, 2.45) is 0 Å². The van der Waals surface area contributed by atoms with E-state index in [0.717, 1.165) is 30.7 Å². The normalized spacial score (nSPS) is 23.9. The van der Waals surface area contributed by atoms with Crippen LogP contribution in [0.1, 0.15) is 18.4 Å². The quantitative estimate of drug-likeness (QED) is 0.847. The summed E-state index contributed by atoms with van der Waals surface area (Å²) in [6.07, 6.45) is 1.55. The van der Waals surface area contributed by atoms with Gasteiger partial charge in [-0.2, -0.15) is 0 Å². The van der Waals surface area contributed by atoms with Crippen LogP contribution in [0.25, 0.3) is 0 Å². The van der Waals surface area contributed by atoms with Gasteiger partial charge in [-0.05, 0) is 31.0 Å². The highest BCUT2D eigenvalue weighted by molar-refractivity contribution is 6.30. The lowest BCUT2D eigenvalue weighted by molar-refractivity contribution is 0.0618. The Hall–Kier alpha value is -0.770. The van der Waals surface area contributed by atoms with E-state index in [1.165, 1.54) is 0 Å². The van der Waals surface area contributed by atoms with Gasteiger partial charge >= 0.3 is 0 Å². The zero-order valence-electron chi connectivity index (χ0n) is 9.24. The molecule has 0 aliphatic heterocycles. The van der Waals surface area contributed by atoms with Crippen LogP contribution in [-0.4, -0.2) is 24.4 Å². The molecular formula is C12H16ClNO2. The molecule has 1 aliphatic rings. The molecule has 1 aromatic rings. The molecule has 88 valence electrons. The van der Waals surface area contributed by atoms with Crippen molar-refractivity contribution < 1.29 is 9.84 Å². The maximum absolute atomic E-state index is 9.17. The highest BCUT2D eigenvalue weighted by atomic mass is 35.5. The minimum absolute atomic E-state index is 0.126. The first-order valence-electron chi connectivity index (χ1n) is 5.43. The number of hydrogen-bond acceptors (Lipinski definition) is 3. The van der Waals surface area contributed by atoms with Crippen molar-refractivity contribution in [2.45, 2.75) is 31.5 Å². The zero-order valence-corrected chi connectivity index (χ0v) is 10.00. The monoisotopic (exact) mass is 241 g/mol. The molecule has 0 saturated heterocycles. The van der Waals surface area contributed by atoms with Gasteiger partial charge in [0.25, 0.3) is 0 Å². The Balaban J connectivity index is 1.94. The first kappa shape index (κ1) is 11.7. The molecule has 0 heterocycles. The van der Waals surface area contributed by atoms with E-state index < -0.39 is 0 Å². The van der Waals surface area contributed by atoms with E-state index in [-0.39, 0.29) is 6.10 Å². The minimum Gasteiger partial charge on any atom is -0.496 e. The molecule has 2 rings (SSSR count). The van der Waals surface area contributed by atoms with Crippen molar-refractivity contribution >= 4 is 11.6 Å². The maximum Gasteiger partial charge on any atom is 0.123 e. The van der Waals surface area contributed by atoms with Gasteiger partial charge in [-0.3, -0.25) is 0 Å². The van der Waals surface area contributed by atoms with E-state index in [0.29, 0.717) is 11.1 Å². The predicted octanol–water partition coefficient (Wildman–Crippen LogP) is 1.96. The Morgan fingerprint density at radius 1 is 1.50 bits per heavy atom. The molecule has 3 nitrogen and oxygen atoms in total. The first-order chi connectivity index (χ1) is 7.69. The van der Waals surface area contributed by atoms with Crippen LogP contribution in [0.4, 0.5) is 0 Å². The van der Waals surface area contributed by atoms with Crippen LogP contribution in [-0.2, 0) is 6.54 Å². The lowest BCUT2D eigenvalue weighted by Crippen LogP contribution is -2.43. The van der Waals surface area contributed by atoms with Gasteiger partial charge in [-0.25, -0.2) is 0 Å². The largest absolute Gasteiger partial charge is 0.496 e. The predicted molar refractivity (Wildman–Crippen MR) is 63.9 cm³/mol. The second kappa shape index (κ2) is 5.04. The van der Waals surface area contributed by atoms with Gasteiger partial charge in [0.15, 0.2) is 0 Å². The third kappa shape index (κ3) is 2.67. The van der Waals surface area contributed by atoms with Gasteiger partial charge < -0.3 is 15.2 Å². The summed E-state index contributed by atoms with van der Waals surface area (Å²) in [6, 6.07) is 6.01. The Morgan fingerprint density at radius 3 is 2.88 bits per heavy atom. The summed E-state index contributed by atoms with van der Waals surface area (Å²) in [5, 5.41) is 13.3. The van der Waals surface area contributed by atoms with Crippen LogP contribution in [0.15, 0.2) is 18.2 Å². The molecular weight excluding hydrogens is 226 g/mol. The average Bonchev–Trinajstić information content (AvgIpc) is 2.23. The lowest BCUT2D eigenvalue weighted by atomic mass is 9.89. The zero-order chi connectivity index (χ0) is 11.5. The number of benzene rings is 1. The van der Waals surface area contributed by atoms with E-state index in [9.17, 15) is 5.11 Å². The smallest absolute Gasteiger partial charge is 0.123 e. The number of hydrogen-bond donors (Lipinski definition) is 2. The molecule has 0 spiro atoms. The van der Waals surface area contributed by atoms with Gasteiger partial charge in [0.05, 0.1) is 13.2 Å². The van der Waals surface area contributed by atoms with Crippen LogP contribution < -0.4 is 10.1 Å². The highest BCUT2D eigenvalue weighted by Gasteiger charge is 2.26. The molecule has 0 atom stereocenters. The third-order valence-corrected chi connectivity index (χ3v) is 3.17. The number of methoxy groups -OCH3 is 1. The Kier molecular flexibility index (Phi) is 3.69. The molecule has 1 saturated carbocycles. The van der Waals surface area contributed by atoms with Crippen molar-refractivity contribution in [3.8, 4) is 5.75 Å². The number of ether oxygens (including phenoxy) is 1. The maximum atomic E-state index is 9.17. The average molecular weight is 242 g/mol. The SMILES string of the molecule is COc1ccc(Cl)cc1CNC1CC(O)C1. The molecule has 0 radical (unpaired) electrons. The summed E-state index contributed by atoms with van der Waals surface area (Å²) >= 11 is 5.94. The number of aliphatic hydroxyl groups excluding tert-OH is 1. The first-order valence-corrected chi connectivity index (χ1v) is 5.80. The van der Waals surface area contributed by atoms with Gasteiger partial charge in [-0.15, -0.1) is 0 Å². The van der Waals surface area contributed by atoms with Crippen molar-refractivity contribution in [1.29, 1.82) is 0 Å². The van der Waals surface area contributed by atoms with Gasteiger partial charge in [0.2, 0.25) is 0 Å². The lowest BCUT2D eigenvalue weighted by Gasteiger charge is -2.32. The fourth-order valence-electron chi connectivity index (χ4n) is 1.89. The summed E-state index contributed by atoms with van der Waals surface area (Å²) < 4.78 is 5.26. The number of aliphatic hydroxyl groups is 1. The molecule has 16 heavy (non-hydrogen) atoms. The van der Waals surface area contributed by atoms with Crippen LogP contribution in [0, 0.1) is 0 Å². The van der Waals surface area contributed by atoms with Gasteiger partial charge in [0.1, 0.15) is 5.75 Å². The van der Waals surface area contributed by atoms with E-state index in [1.54, 1.807) is 7.11 Å². The van der Waals surface area contributed by atoms with E-state index in [1.807, 2.05) is 18.2 Å². The molecule has 1 aliphatic carbocycles. The molecule has 0 aromatic heterocycles. The molecule has 1 fully saturated rings. The summed E-state index contributed by atoms with van der Waals surface area (Å²) in [7, 11) is 1.65. The summed E-state index contributed by atoms with van der Waals surface area (Å²) in [5.41, 5.74) is 1.05. The van der Waals surface area contributed by atoms with Crippen LogP contribution in [0.3, 0.4) is 0 Å². The minimum atomic E-state index is -0.126. The number of nitrogens with one attached hydrogen (secondary N) is 1. The molecule has 1 aromatic carbocycles. The van der Waals surface area contributed by atoms with Crippen molar-refractivity contribution in [3.63, 3.8) is 0 Å². The summed E-state index contributed by atoms with van der Waals surface area (Å²) in [4.78, 5) is 0. The Bertz CT molecular complexity index is 364. The fraction of sp³-hybridized carbons (Fsp3) is 0.500. The molecule has 4 heteroatoms. The van der Waals surface area contributed by atoms with Crippen LogP contribution >= 0.6 is 11.6 Å². The van der Waals surface area contributed by atoms with Crippen molar-refractivity contribution in [1.82, 2.24) is 5.32 Å². The molecule has 2 N–H and O–H groups in total. The summed E-state index contributed by atoms with van der Waals surface area (Å²) in [6.45, 7) is 0.723. The van der Waals surface area contributed by atoms with Crippen LogP contribution in [0.5, 0.6) is 5.75 Å². The third-order valence-electron chi connectivity index (χ3n) is 2.94. The standard InChI is InChI=1S/C12H16ClNO2/c1-16-12-3-2-9(13)4-8(12)7-14-10-5-11(15)6-10/h2-4,10-11,14-15H,5-7H2,1H3. The van der Waals surface area contributed by atoms with Crippen molar-refractivity contribution in [3.05, 3.63) is 28.8 Å². The molecule has 0 amide bonds. The fourth-order valence-corrected chi connectivity index (χ4v) is 2.09. The second-order valence-corrected chi connectivity index (χ2v) is 4.60. The number of rotatable bonds is 4. The van der Waals surface area contributed by atoms with Gasteiger partial charge in [0, 0.05) is 23.2 Å². The summed E-state index contributed by atoms with van der Waals surface area (Å²) in [5.74, 6) is 0.844. The number of halogens is 1. The topological polar surface area (TPSA) is 41.5 Å². The van der Waals surface area contributed by atoms with E-state index >= 15 is 0 Å². The van der Waals surface area contributed by atoms with E-state index in [2.05, 4.69) is 5.32 Å². The Labute approximate surface area is 100 Å². The second-order valence-electron chi connectivity index (χ2n) is 4.16. The van der Waals surface area contributed by atoms with Gasteiger partial charge in [-0.1, -0.05) is 11.6 Å². The molecule has 0 bridgehead atoms. The highest BCUT2D eigenvalue weighted by Crippen LogP contribution is 2.24.